The lowest BCUT2D eigenvalue weighted by molar-refractivity contribution is 0.0979. The number of carbonyl (C=O) groups is 1. The Hall–Kier alpha value is -2.35. The smallest absolute Gasteiger partial charge is 0.227 e. The Morgan fingerprint density at radius 2 is 1.17 bits per heavy atom. The fourth-order valence-corrected chi connectivity index (χ4v) is 6.25. The first kappa shape index (κ1) is 34.8. The average Bonchev–Trinajstić information content (AvgIpc) is 2.99. The van der Waals surface area contributed by atoms with Crippen LogP contribution in [-0.2, 0) is 0 Å². The third kappa shape index (κ3) is 10.2. The molecule has 2 heteroatoms. The van der Waals surface area contributed by atoms with Gasteiger partial charge < -0.3 is 5.11 Å². The van der Waals surface area contributed by atoms with Crippen molar-refractivity contribution < 1.29 is 9.90 Å². The first-order valence-corrected chi connectivity index (χ1v) is 16.9. The molecule has 2 aromatic carbocycles. The van der Waals surface area contributed by atoms with Crippen molar-refractivity contribution in [2.24, 2.45) is 0 Å². The number of aliphatic hydroxyl groups is 1. The van der Waals surface area contributed by atoms with Crippen LogP contribution in [0.15, 0.2) is 42.2 Å². The lowest BCUT2D eigenvalue weighted by atomic mass is 9.78. The van der Waals surface area contributed by atoms with Gasteiger partial charge in [-0.2, -0.15) is 0 Å². The molecule has 0 heterocycles. The van der Waals surface area contributed by atoms with Gasteiger partial charge >= 0.3 is 0 Å². The number of rotatable bonds is 19. The molecule has 0 aliphatic carbocycles. The van der Waals surface area contributed by atoms with Crippen molar-refractivity contribution in [1.82, 2.24) is 0 Å². The third-order valence-corrected chi connectivity index (χ3v) is 9.08. The maximum atomic E-state index is 13.8. The molecule has 0 bridgehead atoms. The molecule has 0 radical (unpaired) electrons. The summed E-state index contributed by atoms with van der Waals surface area (Å²) in [6, 6.07) is 12.6. The number of allylic oxidation sites excluding steroid dienone is 1. The lowest BCUT2D eigenvalue weighted by Gasteiger charge is -2.26. The topological polar surface area (TPSA) is 37.3 Å². The van der Waals surface area contributed by atoms with E-state index in [1.165, 1.54) is 55.2 Å². The standard InChI is InChI=1S/C39H60O2/c1-9-13-19-28(5)32-25-33(38(31(8)22-16-12-4)36(26-32)30(7)21-15-11-3)27-37(40)39(41)35-24-18-17-23-34(35)29(6)20-14-10-2/h17-18,23-31,40H,9-16,19-22H2,1-8H3. The van der Waals surface area contributed by atoms with Gasteiger partial charge in [0, 0.05) is 5.56 Å². The highest BCUT2D eigenvalue weighted by Crippen LogP contribution is 2.39. The summed E-state index contributed by atoms with van der Waals surface area (Å²) < 4.78 is 0. The fourth-order valence-electron chi connectivity index (χ4n) is 6.25. The van der Waals surface area contributed by atoms with Gasteiger partial charge in [0.25, 0.3) is 0 Å². The van der Waals surface area contributed by atoms with Crippen LogP contribution in [0.4, 0.5) is 0 Å². The normalized spacial score (nSPS) is 15.0. The van der Waals surface area contributed by atoms with E-state index < -0.39 is 0 Å². The molecule has 228 valence electrons. The van der Waals surface area contributed by atoms with Gasteiger partial charge in [-0.15, -0.1) is 0 Å². The summed E-state index contributed by atoms with van der Waals surface area (Å²) in [5, 5.41) is 11.4. The molecule has 1 N–H and O–H groups in total. The van der Waals surface area contributed by atoms with Crippen molar-refractivity contribution in [3.63, 3.8) is 0 Å². The third-order valence-electron chi connectivity index (χ3n) is 9.08. The van der Waals surface area contributed by atoms with Crippen LogP contribution in [0.5, 0.6) is 0 Å². The van der Waals surface area contributed by atoms with Crippen molar-refractivity contribution in [2.75, 3.05) is 0 Å². The minimum Gasteiger partial charge on any atom is -0.504 e. The van der Waals surface area contributed by atoms with Crippen LogP contribution in [0, 0.1) is 0 Å². The van der Waals surface area contributed by atoms with Gasteiger partial charge in [-0.3, -0.25) is 4.79 Å². The molecular formula is C39H60O2. The van der Waals surface area contributed by atoms with Crippen LogP contribution in [0.25, 0.3) is 6.08 Å². The summed E-state index contributed by atoms with van der Waals surface area (Å²) in [5.41, 5.74) is 6.80. The maximum Gasteiger partial charge on any atom is 0.227 e. The molecule has 41 heavy (non-hydrogen) atoms. The molecule has 0 saturated heterocycles. The quantitative estimate of drug-likeness (QED) is 0.105. The highest BCUT2D eigenvalue weighted by Gasteiger charge is 2.24. The van der Waals surface area contributed by atoms with E-state index in [0.717, 1.165) is 49.7 Å². The van der Waals surface area contributed by atoms with E-state index in [4.69, 9.17) is 0 Å². The Kier molecular flexibility index (Phi) is 15.5. The molecule has 0 saturated carbocycles. The van der Waals surface area contributed by atoms with Gasteiger partial charge in [0.15, 0.2) is 5.76 Å². The van der Waals surface area contributed by atoms with Crippen molar-refractivity contribution in [3.05, 3.63) is 75.5 Å². The Morgan fingerprint density at radius 1 is 0.683 bits per heavy atom. The second-order valence-corrected chi connectivity index (χ2v) is 12.7. The molecule has 0 aliphatic heterocycles. The second kappa shape index (κ2) is 18.2. The molecule has 0 aromatic heterocycles. The molecule has 0 spiro atoms. The van der Waals surface area contributed by atoms with Gasteiger partial charge in [-0.25, -0.2) is 0 Å². The fraction of sp³-hybridized carbons (Fsp3) is 0.615. The Morgan fingerprint density at radius 3 is 1.73 bits per heavy atom. The minimum atomic E-state index is -0.263. The summed E-state index contributed by atoms with van der Waals surface area (Å²) in [6.45, 7) is 18.2. The van der Waals surface area contributed by atoms with E-state index in [0.29, 0.717) is 23.3 Å². The molecular weight excluding hydrogens is 500 g/mol. The number of ketones is 1. The number of carbonyl (C=O) groups excluding carboxylic acids is 1. The zero-order valence-corrected chi connectivity index (χ0v) is 27.7. The molecule has 2 nitrogen and oxygen atoms in total. The van der Waals surface area contributed by atoms with Gasteiger partial charge in [0.1, 0.15) is 0 Å². The second-order valence-electron chi connectivity index (χ2n) is 12.7. The van der Waals surface area contributed by atoms with Gasteiger partial charge in [0.05, 0.1) is 0 Å². The zero-order valence-electron chi connectivity index (χ0n) is 27.7. The van der Waals surface area contributed by atoms with E-state index in [-0.39, 0.29) is 17.5 Å². The summed E-state index contributed by atoms with van der Waals surface area (Å²) in [5.74, 6) is 1.12. The summed E-state index contributed by atoms with van der Waals surface area (Å²) >= 11 is 0. The largest absolute Gasteiger partial charge is 0.504 e. The highest BCUT2D eigenvalue weighted by atomic mass is 16.3. The number of unbranched alkanes of at least 4 members (excludes halogenated alkanes) is 4. The van der Waals surface area contributed by atoms with Crippen LogP contribution in [-0.4, -0.2) is 10.9 Å². The summed E-state index contributed by atoms with van der Waals surface area (Å²) in [4.78, 5) is 13.8. The SMILES string of the molecule is CCCCC(C)c1cc(C=C(O)C(=O)c2ccccc2C(C)CCCC)c(C(C)CCCC)c(C(C)CCCC)c1. The van der Waals surface area contributed by atoms with Crippen LogP contribution < -0.4 is 0 Å². The van der Waals surface area contributed by atoms with E-state index in [9.17, 15) is 9.90 Å². The van der Waals surface area contributed by atoms with E-state index >= 15 is 0 Å². The highest BCUT2D eigenvalue weighted by molar-refractivity contribution is 6.10. The molecule has 0 fully saturated rings. The molecule has 0 amide bonds. The number of Topliss-reactive ketones (excluding diaryl/α,β-unsaturated/α-hetero) is 1. The Bertz CT molecular complexity index is 1090. The molecule has 4 atom stereocenters. The number of hydrogen-bond acceptors (Lipinski definition) is 2. The predicted molar refractivity (Wildman–Crippen MR) is 180 cm³/mol. The molecule has 0 aliphatic rings. The summed E-state index contributed by atoms with van der Waals surface area (Å²) in [6.07, 6.45) is 15.7. The Balaban J connectivity index is 2.69. The molecule has 4 unspecified atom stereocenters. The van der Waals surface area contributed by atoms with Crippen molar-refractivity contribution in [1.29, 1.82) is 0 Å². The maximum absolute atomic E-state index is 13.8. The number of aliphatic hydroxyl groups excluding tert-OH is 1. The van der Waals surface area contributed by atoms with Gasteiger partial charge in [0.2, 0.25) is 5.78 Å². The summed E-state index contributed by atoms with van der Waals surface area (Å²) in [7, 11) is 0. The van der Waals surface area contributed by atoms with Gasteiger partial charge in [-0.05, 0) is 83.2 Å². The van der Waals surface area contributed by atoms with Crippen LogP contribution in [0.3, 0.4) is 0 Å². The first-order chi connectivity index (χ1) is 19.7. The first-order valence-electron chi connectivity index (χ1n) is 16.9. The predicted octanol–water partition coefficient (Wildman–Crippen LogP) is 12.6. The van der Waals surface area contributed by atoms with E-state index in [1.54, 1.807) is 6.08 Å². The molecule has 2 rings (SSSR count). The van der Waals surface area contributed by atoms with Crippen LogP contribution in [0.2, 0.25) is 0 Å². The van der Waals surface area contributed by atoms with E-state index in [2.05, 4.69) is 73.6 Å². The van der Waals surface area contributed by atoms with Gasteiger partial charge in [-0.1, -0.05) is 143 Å². The monoisotopic (exact) mass is 560 g/mol. The number of benzene rings is 2. The van der Waals surface area contributed by atoms with Crippen LogP contribution >= 0.6 is 0 Å². The van der Waals surface area contributed by atoms with E-state index in [1.807, 2.05) is 18.2 Å². The number of hydrogen-bond donors (Lipinski definition) is 1. The van der Waals surface area contributed by atoms with Crippen molar-refractivity contribution >= 4 is 11.9 Å². The molecule has 2 aromatic rings. The van der Waals surface area contributed by atoms with Crippen LogP contribution in [0.1, 0.15) is 194 Å². The van der Waals surface area contributed by atoms with Crippen molar-refractivity contribution in [3.8, 4) is 0 Å². The van der Waals surface area contributed by atoms with Crippen molar-refractivity contribution in [2.45, 2.75) is 156 Å². The average molecular weight is 561 g/mol. The lowest BCUT2D eigenvalue weighted by Crippen LogP contribution is -2.11. The zero-order chi connectivity index (χ0) is 30.4. The minimum absolute atomic E-state index is 0.144. The Labute approximate surface area is 253 Å².